The highest BCUT2D eigenvalue weighted by molar-refractivity contribution is 6.02. The van der Waals surface area contributed by atoms with Crippen LogP contribution in [0.25, 0.3) is 11.8 Å². The van der Waals surface area contributed by atoms with Crippen LogP contribution >= 0.6 is 0 Å². The second-order valence-corrected chi connectivity index (χ2v) is 6.57. The molecule has 1 aromatic heterocycles. The molecule has 1 N–H and O–H groups in total. The number of ether oxygens (including phenoxy) is 1. The van der Waals surface area contributed by atoms with Crippen molar-refractivity contribution < 1.29 is 14.5 Å². The molecule has 0 spiro atoms. The van der Waals surface area contributed by atoms with Crippen LogP contribution in [-0.4, -0.2) is 28.5 Å². The minimum absolute atomic E-state index is 0.00427. The van der Waals surface area contributed by atoms with Crippen LogP contribution in [0.5, 0.6) is 5.75 Å². The van der Waals surface area contributed by atoms with E-state index in [2.05, 4.69) is 5.32 Å². The molecule has 8 heteroatoms. The van der Waals surface area contributed by atoms with Gasteiger partial charge in [0.15, 0.2) is 0 Å². The number of carbonyl (C=O) groups is 1. The van der Waals surface area contributed by atoms with E-state index in [1.165, 1.54) is 25.3 Å². The Bertz CT molecular complexity index is 996. The van der Waals surface area contributed by atoms with Gasteiger partial charge in [-0.15, -0.1) is 0 Å². The molecule has 0 aliphatic heterocycles. The van der Waals surface area contributed by atoms with E-state index in [4.69, 9.17) is 4.74 Å². The number of nitrogens with zero attached hydrogens (tertiary/aromatic N) is 3. The Balaban J connectivity index is 2.56. The summed E-state index contributed by atoms with van der Waals surface area (Å²) in [4.78, 5) is 22.7. The van der Waals surface area contributed by atoms with Crippen molar-refractivity contribution in [1.29, 1.82) is 5.26 Å². The average Bonchev–Trinajstić information content (AvgIpc) is 2.91. The van der Waals surface area contributed by atoms with E-state index in [1.807, 2.05) is 44.4 Å². The largest absolute Gasteiger partial charge is 0.494 e. The van der Waals surface area contributed by atoms with Gasteiger partial charge in [0.25, 0.3) is 11.6 Å². The molecule has 0 saturated heterocycles. The molecule has 0 fully saturated rings. The molecule has 2 rings (SSSR count). The number of benzene rings is 1. The Hall–Kier alpha value is -3.60. The summed E-state index contributed by atoms with van der Waals surface area (Å²) in [7, 11) is 1.45. The summed E-state index contributed by atoms with van der Waals surface area (Å²) in [5.74, 6) is -0.0835. The standard InChI is InChI=1S/C20H22N4O4/c1-12(2)22-20(25)16(11-21)9-15-8-13(3)23(14(15)4)18-7-6-17(24(26)27)10-19(18)28-5/h6-10,12H,1-5H3,(H,22,25)/b16-9-. The molecule has 0 saturated carbocycles. The maximum absolute atomic E-state index is 12.2. The number of aromatic nitrogens is 1. The van der Waals surface area contributed by atoms with Gasteiger partial charge in [0.05, 0.1) is 23.8 Å². The zero-order valence-electron chi connectivity index (χ0n) is 16.4. The molecule has 0 aliphatic rings. The van der Waals surface area contributed by atoms with Crippen LogP contribution in [0.4, 0.5) is 5.69 Å². The fraction of sp³-hybridized carbons (Fsp3) is 0.300. The van der Waals surface area contributed by atoms with Crippen molar-refractivity contribution in [1.82, 2.24) is 9.88 Å². The number of nitro benzene ring substituents is 1. The SMILES string of the molecule is COc1cc([N+](=O)[O-])ccc1-n1c(C)cc(/C=C(/C#N)C(=O)NC(C)C)c1C. The smallest absolute Gasteiger partial charge is 0.273 e. The molecule has 146 valence electrons. The van der Waals surface area contributed by atoms with Gasteiger partial charge in [-0.1, -0.05) is 0 Å². The number of nitrogens with one attached hydrogen (secondary N) is 1. The third-order valence-corrected chi connectivity index (χ3v) is 4.17. The number of aryl methyl sites for hydroxylation is 1. The Morgan fingerprint density at radius 2 is 2.04 bits per heavy atom. The molecule has 0 radical (unpaired) electrons. The number of rotatable bonds is 6. The van der Waals surface area contributed by atoms with Gasteiger partial charge in [0.1, 0.15) is 17.4 Å². The van der Waals surface area contributed by atoms with Crippen LogP contribution in [0.15, 0.2) is 29.8 Å². The lowest BCUT2D eigenvalue weighted by molar-refractivity contribution is -0.384. The molecular weight excluding hydrogens is 360 g/mol. The lowest BCUT2D eigenvalue weighted by atomic mass is 10.1. The predicted octanol–water partition coefficient (Wildman–Crippen LogP) is 3.44. The summed E-state index contributed by atoms with van der Waals surface area (Å²) in [6.07, 6.45) is 1.54. The molecule has 1 heterocycles. The molecule has 0 aliphatic carbocycles. The van der Waals surface area contributed by atoms with E-state index in [0.717, 1.165) is 11.4 Å². The van der Waals surface area contributed by atoms with Crippen LogP contribution in [0.2, 0.25) is 0 Å². The Kier molecular flexibility index (Phi) is 6.21. The van der Waals surface area contributed by atoms with Gasteiger partial charge >= 0.3 is 0 Å². The van der Waals surface area contributed by atoms with Crippen molar-refractivity contribution in [2.24, 2.45) is 0 Å². The Morgan fingerprint density at radius 1 is 1.36 bits per heavy atom. The summed E-state index contributed by atoms with van der Waals surface area (Å²) in [5, 5.41) is 23.1. The molecular formula is C20H22N4O4. The first-order valence-electron chi connectivity index (χ1n) is 8.64. The third kappa shape index (κ3) is 4.20. The maximum atomic E-state index is 12.2. The monoisotopic (exact) mass is 382 g/mol. The zero-order valence-corrected chi connectivity index (χ0v) is 16.4. The summed E-state index contributed by atoms with van der Waals surface area (Å²) in [6.45, 7) is 7.35. The summed E-state index contributed by atoms with van der Waals surface area (Å²) >= 11 is 0. The van der Waals surface area contributed by atoms with E-state index >= 15 is 0 Å². The van der Waals surface area contributed by atoms with E-state index < -0.39 is 10.8 Å². The van der Waals surface area contributed by atoms with Gasteiger partial charge in [0.2, 0.25) is 0 Å². The average molecular weight is 382 g/mol. The molecule has 8 nitrogen and oxygen atoms in total. The first-order valence-corrected chi connectivity index (χ1v) is 8.64. The van der Waals surface area contributed by atoms with E-state index in [9.17, 15) is 20.2 Å². The quantitative estimate of drug-likeness (QED) is 0.356. The van der Waals surface area contributed by atoms with Crippen molar-refractivity contribution >= 4 is 17.7 Å². The normalized spacial score (nSPS) is 11.2. The highest BCUT2D eigenvalue weighted by atomic mass is 16.6. The van der Waals surface area contributed by atoms with Crippen molar-refractivity contribution in [3.8, 4) is 17.5 Å². The van der Waals surface area contributed by atoms with Crippen LogP contribution in [0.1, 0.15) is 30.8 Å². The number of methoxy groups -OCH3 is 1. The van der Waals surface area contributed by atoms with Crippen molar-refractivity contribution in [3.63, 3.8) is 0 Å². The molecule has 1 amide bonds. The van der Waals surface area contributed by atoms with Crippen molar-refractivity contribution in [2.45, 2.75) is 33.7 Å². The van der Waals surface area contributed by atoms with Crippen LogP contribution in [-0.2, 0) is 4.79 Å². The number of amides is 1. The van der Waals surface area contributed by atoms with Crippen molar-refractivity contribution in [3.05, 3.63) is 56.9 Å². The number of non-ortho nitro benzene ring substituents is 1. The Labute approximate surface area is 163 Å². The number of nitriles is 1. The number of hydrogen-bond acceptors (Lipinski definition) is 5. The Morgan fingerprint density at radius 3 is 2.57 bits per heavy atom. The van der Waals surface area contributed by atoms with Crippen LogP contribution in [0.3, 0.4) is 0 Å². The second-order valence-electron chi connectivity index (χ2n) is 6.57. The molecule has 28 heavy (non-hydrogen) atoms. The topological polar surface area (TPSA) is 110 Å². The number of nitro groups is 1. The van der Waals surface area contributed by atoms with Gasteiger partial charge in [-0.25, -0.2) is 0 Å². The zero-order chi connectivity index (χ0) is 21.0. The van der Waals surface area contributed by atoms with E-state index in [-0.39, 0.29) is 17.3 Å². The van der Waals surface area contributed by atoms with Crippen LogP contribution in [0, 0.1) is 35.3 Å². The van der Waals surface area contributed by atoms with Gasteiger partial charge in [-0.3, -0.25) is 14.9 Å². The fourth-order valence-corrected chi connectivity index (χ4v) is 2.91. The summed E-state index contributed by atoms with van der Waals surface area (Å²) in [5.41, 5.74) is 2.87. The van der Waals surface area contributed by atoms with Crippen molar-refractivity contribution in [2.75, 3.05) is 7.11 Å². The highest BCUT2D eigenvalue weighted by Crippen LogP contribution is 2.32. The fourth-order valence-electron chi connectivity index (χ4n) is 2.91. The van der Waals surface area contributed by atoms with Gasteiger partial charge in [-0.05, 0) is 51.5 Å². The highest BCUT2D eigenvalue weighted by Gasteiger charge is 2.18. The first-order chi connectivity index (χ1) is 13.2. The van der Waals surface area contributed by atoms with Gasteiger partial charge < -0.3 is 14.6 Å². The lowest BCUT2D eigenvalue weighted by Gasteiger charge is -2.14. The van der Waals surface area contributed by atoms with Gasteiger partial charge in [0, 0.05) is 23.5 Å². The first kappa shape index (κ1) is 20.7. The maximum Gasteiger partial charge on any atom is 0.273 e. The minimum atomic E-state index is -0.484. The second kappa shape index (κ2) is 8.39. The summed E-state index contributed by atoms with van der Waals surface area (Å²) in [6, 6.07) is 8.07. The molecule has 1 aromatic carbocycles. The van der Waals surface area contributed by atoms with E-state index in [0.29, 0.717) is 17.0 Å². The molecule has 2 aromatic rings. The minimum Gasteiger partial charge on any atom is -0.494 e. The molecule has 0 bridgehead atoms. The number of hydrogen-bond donors (Lipinski definition) is 1. The predicted molar refractivity (Wildman–Crippen MR) is 105 cm³/mol. The van der Waals surface area contributed by atoms with Crippen LogP contribution < -0.4 is 10.1 Å². The molecule has 0 unspecified atom stereocenters. The molecule has 0 atom stereocenters. The lowest BCUT2D eigenvalue weighted by Crippen LogP contribution is -2.30. The van der Waals surface area contributed by atoms with Gasteiger partial charge in [-0.2, -0.15) is 5.26 Å². The van der Waals surface area contributed by atoms with E-state index in [1.54, 1.807) is 6.07 Å². The summed E-state index contributed by atoms with van der Waals surface area (Å²) < 4.78 is 7.20. The third-order valence-electron chi connectivity index (χ3n) is 4.17. The number of carbonyl (C=O) groups excluding carboxylic acids is 1.